The molecule has 0 aromatic carbocycles. The Bertz CT molecular complexity index is 371. The van der Waals surface area contributed by atoms with Crippen LogP contribution in [-0.4, -0.2) is 46.1 Å². The highest BCUT2D eigenvalue weighted by molar-refractivity contribution is 5.19. The molecule has 0 radical (unpaired) electrons. The van der Waals surface area contributed by atoms with Crippen LogP contribution in [-0.2, 0) is 19.0 Å². The summed E-state index contributed by atoms with van der Waals surface area (Å²) >= 11 is 0. The molecule has 0 aliphatic carbocycles. The normalized spacial score (nSPS) is 18.6. The Labute approximate surface area is 103 Å². The molecule has 0 spiro atoms. The molecule has 17 heavy (non-hydrogen) atoms. The fourth-order valence-electron chi connectivity index (χ4n) is 2.51. The zero-order chi connectivity index (χ0) is 12.5. The molecule has 5 heteroatoms. The standard InChI is InChI=1S/C12H23N5/c1-12(2,3)11-10(14-15-16(11)4)9-17-7-5-13-6-8-17/h13H,5-9H2,1-4H3. The molecule has 1 N–H and O–H groups in total. The summed E-state index contributed by atoms with van der Waals surface area (Å²) in [6.07, 6.45) is 0. The summed E-state index contributed by atoms with van der Waals surface area (Å²) in [7, 11) is 1.98. The maximum Gasteiger partial charge on any atom is 0.100 e. The van der Waals surface area contributed by atoms with Crippen molar-refractivity contribution in [2.75, 3.05) is 26.2 Å². The zero-order valence-electron chi connectivity index (χ0n) is 11.3. The lowest BCUT2D eigenvalue weighted by molar-refractivity contribution is 0.229. The number of rotatable bonds is 2. The third-order valence-corrected chi connectivity index (χ3v) is 3.19. The molecule has 0 bridgehead atoms. The first-order valence-corrected chi connectivity index (χ1v) is 6.30. The first-order chi connectivity index (χ1) is 7.98. The second kappa shape index (κ2) is 4.74. The van der Waals surface area contributed by atoms with Gasteiger partial charge in [-0.05, 0) is 0 Å². The van der Waals surface area contributed by atoms with Crippen LogP contribution in [0, 0.1) is 0 Å². The van der Waals surface area contributed by atoms with Gasteiger partial charge in [0.1, 0.15) is 5.69 Å². The Kier molecular flexibility index (Phi) is 3.49. The Morgan fingerprint density at radius 1 is 1.24 bits per heavy atom. The molecule has 0 saturated carbocycles. The van der Waals surface area contributed by atoms with Crippen LogP contribution in [0.4, 0.5) is 0 Å². The quantitative estimate of drug-likeness (QED) is 0.814. The number of nitrogens with zero attached hydrogens (tertiary/aromatic N) is 4. The third kappa shape index (κ3) is 2.84. The molecule has 0 amide bonds. The molecule has 1 fully saturated rings. The van der Waals surface area contributed by atoms with Crippen molar-refractivity contribution in [2.24, 2.45) is 7.05 Å². The number of hydrogen-bond acceptors (Lipinski definition) is 4. The average Bonchev–Trinajstić information content (AvgIpc) is 2.60. The van der Waals surface area contributed by atoms with E-state index in [1.165, 1.54) is 5.69 Å². The summed E-state index contributed by atoms with van der Waals surface area (Å²) in [6.45, 7) is 11.9. The van der Waals surface area contributed by atoms with E-state index >= 15 is 0 Å². The van der Waals surface area contributed by atoms with Gasteiger partial charge in [-0.2, -0.15) is 0 Å². The van der Waals surface area contributed by atoms with Crippen molar-refractivity contribution < 1.29 is 0 Å². The van der Waals surface area contributed by atoms with E-state index < -0.39 is 0 Å². The number of piperazine rings is 1. The van der Waals surface area contributed by atoms with E-state index in [2.05, 4.69) is 41.3 Å². The predicted octanol–water partition coefficient (Wildman–Crippen LogP) is 0.518. The molecule has 1 aliphatic heterocycles. The van der Waals surface area contributed by atoms with Crippen molar-refractivity contribution in [1.29, 1.82) is 0 Å². The van der Waals surface area contributed by atoms with Crippen LogP contribution >= 0.6 is 0 Å². The van der Waals surface area contributed by atoms with Crippen molar-refractivity contribution in [3.63, 3.8) is 0 Å². The summed E-state index contributed by atoms with van der Waals surface area (Å²) < 4.78 is 1.91. The van der Waals surface area contributed by atoms with Crippen LogP contribution in [0.15, 0.2) is 0 Å². The first-order valence-electron chi connectivity index (χ1n) is 6.30. The highest BCUT2D eigenvalue weighted by Gasteiger charge is 2.25. The molecule has 96 valence electrons. The number of aryl methyl sites for hydroxylation is 1. The third-order valence-electron chi connectivity index (χ3n) is 3.19. The van der Waals surface area contributed by atoms with Gasteiger partial charge >= 0.3 is 0 Å². The van der Waals surface area contributed by atoms with Gasteiger partial charge in [0.25, 0.3) is 0 Å². The summed E-state index contributed by atoms with van der Waals surface area (Å²) in [6, 6.07) is 0. The molecule has 0 atom stereocenters. The minimum absolute atomic E-state index is 0.0988. The lowest BCUT2D eigenvalue weighted by atomic mass is 9.90. The van der Waals surface area contributed by atoms with Crippen LogP contribution in [0.2, 0.25) is 0 Å². The SMILES string of the molecule is Cn1nnc(CN2CCNCC2)c1C(C)(C)C. The zero-order valence-corrected chi connectivity index (χ0v) is 11.3. The van der Waals surface area contributed by atoms with Gasteiger partial charge in [-0.25, -0.2) is 0 Å². The van der Waals surface area contributed by atoms with Crippen LogP contribution in [0.1, 0.15) is 32.2 Å². The van der Waals surface area contributed by atoms with E-state index in [1.807, 2.05) is 11.7 Å². The van der Waals surface area contributed by atoms with Crippen LogP contribution < -0.4 is 5.32 Å². The van der Waals surface area contributed by atoms with Gasteiger partial charge in [0, 0.05) is 45.2 Å². The lowest BCUT2D eigenvalue weighted by Crippen LogP contribution is -2.43. The van der Waals surface area contributed by atoms with Gasteiger partial charge in [-0.1, -0.05) is 26.0 Å². The largest absolute Gasteiger partial charge is 0.314 e. The molecule has 0 unspecified atom stereocenters. The van der Waals surface area contributed by atoms with Gasteiger partial charge < -0.3 is 5.32 Å². The Morgan fingerprint density at radius 3 is 2.47 bits per heavy atom. The topological polar surface area (TPSA) is 46.0 Å². The Morgan fingerprint density at radius 2 is 1.88 bits per heavy atom. The second-order valence-electron chi connectivity index (χ2n) is 5.78. The molecule has 5 nitrogen and oxygen atoms in total. The van der Waals surface area contributed by atoms with E-state index in [0.717, 1.165) is 38.4 Å². The smallest absolute Gasteiger partial charge is 0.100 e. The minimum Gasteiger partial charge on any atom is -0.314 e. The minimum atomic E-state index is 0.0988. The van der Waals surface area contributed by atoms with Crippen LogP contribution in [0.3, 0.4) is 0 Å². The fourth-order valence-corrected chi connectivity index (χ4v) is 2.51. The van der Waals surface area contributed by atoms with Crippen LogP contribution in [0.25, 0.3) is 0 Å². The maximum atomic E-state index is 4.33. The van der Waals surface area contributed by atoms with Crippen molar-refractivity contribution in [2.45, 2.75) is 32.7 Å². The van der Waals surface area contributed by atoms with E-state index in [1.54, 1.807) is 0 Å². The monoisotopic (exact) mass is 237 g/mol. The molecule has 1 saturated heterocycles. The number of aromatic nitrogens is 3. The summed E-state index contributed by atoms with van der Waals surface area (Å²) in [4.78, 5) is 2.44. The summed E-state index contributed by atoms with van der Waals surface area (Å²) in [5, 5.41) is 11.9. The predicted molar refractivity (Wildman–Crippen MR) is 67.8 cm³/mol. The highest BCUT2D eigenvalue weighted by atomic mass is 15.4. The van der Waals surface area contributed by atoms with Gasteiger partial charge in [-0.3, -0.25) is 9.58 Å². The molecule has 2 heterocycles. The van der Waals surface area contributed by atoms with E-state index in [-0.39, 0.29) is 5.41 Å². The lowest BCUT2D eigenvalue weighted by Gasteiger charge is -2.28. The van der Waals surface area contributed by atoms with Crippen molar-refractivity contribution >= 4 is 0 Å². The van der Waals surface area contributed by atoms with Gasteiger partial charge in [0.2, 0.25) is 0 Å². The van der Waals surface area contributed by atoms with Crippen molar-refractivity contribution in [3.05, 3.63) is 11.4 Å². The molecule has 1 aromatic heterocycles. The molecule has 1 aromatic rings. The van der Waals surface area contributed by atoms with Gasteiger partial charge in [0.15, 0.2) is 0 Å². The Balaban J connectivity index is 2.15. The van der Waals surface area contributed by atoms with Crippen molar-refractivity contribution in [3.8, 4) is 0 Å². The van der Waals surface area contributed by atoms with Gasteiger partial charge in [-0.15, -0.1) is 5.10 Å². The average molecular weight is 237 g/mol. The summed E-state index contributed by atoms with van der Waals surface area (Å²) in [5.41, 5.74) is 2.47. The first kappa shape index (κ1) is 12.5. The summed E-state index contributed by atoms with van der Waals surface area (Å²) in [5.74, 6) is 0. The van der Waals surface area contributed by atoms with E-state index in [0.29, 0.717) is 0 Å². The number of nitrogens with one attached hydrogen (secondary N) is 1. The second-order valence-corrected chi connectivity index (χ2v) is 5.78. The molecular formula is C12H23N5. The molecule has 2 rings (SSSR count). The Hall–Kier alpha value is -0.940. The highest BCUT2D eigenvalue weighted by Crippen LogP contribution is 2.24. The number of hydrogen-bond donors (Lipinski definition) is 1. The molecular weight excluding hydrogens is 214 g/mol. The maximum absolute atomic E-state index is 4.33. The fraction of sp³-hybridized carbons (Fsp3) is 0.833. The molecule has 1 aliphatic rings. The van der Waals surface area contributed by atoms with Crippen LogP contribution in [0.5, 0.6) is 0 Å². The van der Waals surface area contributed by atoms with Gasteiger partial charge in [0.05, 0.1) is 5.69 Å². The van der Waals surface area contributed by atoms with E-state index in [4.69, 9.17) is 0 Å². The van der Waals surface area contributed by atoms with E-state index in [9.17, 15) is 0 Å². The van der Waals surface area contributed by atoms with Crippen molar-refractivity contribution in [1.82, 2.24) is 25.2 Å².